The number of fused-ring (bicyclic) bond motifs is 1. The maximum absolute atomic E-state index is 13.4. The Kier molecular flexibility index (Phi) is 2.93. The molecule has 0 aliphatic heterocycles. The number of carboxylic acids is 1. The number of hydrogen-bond acceptors (Lipinski definition) is 4. The lowest BCUT2D eigenvalue weighted by Crippen LogP contribution is -2.10. The van der Waals surface area contributed by atoms with Crippen molar-refractivity contribution in [1.29, 1.82) is 0 Å². The predicted octanol–water partition coefficient (Wildman–Crippen LogP) is 2.36. The molecule has 0 saturated carbocycles. The van der Waals surface area contributed by atoms with E-state index in [0.29, 0.717) is 5.69 Å². The number of nitrogens with zero attached hydrogens (tertiary/aromatic N) is 3. The number of halogens is 2. The van der Waals surface area contributed by atoms with Gasteiger partial charge in [0.15, 0.2) is 17.5 Å². The van der Waals surface area contributed by atoms with Crippen molar-refractivity contribution in [3.8, 4) is 11.6 Å². The van der Waals surface area contributed by atoms with E-state index in [1.54, 1.807) is 13.0 Å². The van der Waals surface area contributed by atoms with Crippen LogP contribution in [0.2, 0.25) is 0 Å². The molecule has 0 amide bonds. The maximum Gasteiger partial charge on any atom is 0.323 e. The molecule has 0 radical (unpaired) electrons. The highest BCUT2D eigenvalue weighted by molar-refractivity contribution is 5.82. The number of rotatable bonds is 3. The zero-order valence-electron chi connectivity index (χ0n) is 10.8. The van der Waals surface area contributed by atoms with Crippen LogP contribution in [0.3, 0.4) is 0 Å². The molecule has 2 aromatic heterocycles. The molecule has 2 heterocycles. The van der Waals surface area contributed by atoms with Gasteiger partial charge in [0.1, 0.15) is 6.54 Å². The summed E-state index contributed by atoms with van der Waals surface area (Å²) in [5, 5.41) is 12.7. The van der Waals surface area contributed by atoms with Crippen molar-refractivity contribution in [2.75, 3.05) is 0 Å². The summed E-state index contributed by atoms with van der Waals surface area (Å²) in [6, 6.07) is 3.38. The van der Waals surface area contributed by atoms with E-state index in [2.05, 4.69) is 10.1 Å². The summed E-state index contributed by atoms with van der Waals surface area (Å²) in [6.45, 7) is 1.23. The van der Waals surface area contributed by atoms with Gasteiger partial charge in [-0.3, -0.25) is 4.79 Å². The molecule has 0 bridgehead atoms. The summed E-state index contributed by atoms with van der Waals surface area (Å²) < 4.78 is 33.0. The predicted molar refractivity (Wildman–Crippen MR) is 67.5 cm³/mol. The third kappa shape index (κ3) is 2.24. The molecule has 0 aliphatic rings. The molecule has 3 aromatic rings. The fraction of sp³-hybridized carbons (Fsp3) is 0.154. The Hall–Kier alpha value is -2.77. The highest BCUT2D eigenvalue weighted by Crippen LogP contribution is 2.27. The van der Waals surface area contributed by atoms with Crippen LogP contribution in [0.1, 0.15) is 5.69 Å². The van der Waals surface area contributed by atoms with Gasteiger partial charge in [-0.15, -0.1) is 0 Å². The Labute approximate surface area is 116 Å². The van der Waals surface area contributed by atoms with Gasteiger partial charge in [-0.2, -0.15) is 0 Å². The molecule has 6 nitrogen and oxygen atoms in total. The van der Waals surface area contributed by atoms with E-state index in [1.165, 1.54) is 4.57 Å². The van der Waals surface area contributed by atoms with E-state index in [1.807, 2.05) is 0 Å². The molecule has 3 rings (SSSR count). The summed E-state index contributed by atoms with van der Waals surface area (Å²) in [4.78, 5) is 15.1. The van der Waals surface area contributed by atoms with Crippen LogP contribution in [0.15, 0.2) is 22.7 Å². The van der Waals surface area contributed by atoms with Crippen molar-refractivity contribution < 1.29 is 23.2 Å². The van der Waals surface area contributed by atoms with E-state index in [4.69, 9.17) is 9.63 Å². The first-order valence-electron chi connectivity index (χ1n) is 5.96. The molecule has 21 heavy (non-hydrogen) atoms. The second kappa shape index (κ2) is 4.65. The van der Waals surface area contributed by atoms with Crippen molar-refractivity contribution in [1.82, 2.24) is 14.7 Å². The van der Waals surface area contributed by atoms with Crippen molar-refractivity contribution in [3.05, 3.63) is 35.5 Å². The molecular weight excluding hydrogens is 284 g/mol. The molecule has 0 aliphatic carbocycles. The molecule has 1 aromatic carbocycles. The van der Waals surface area contributed by atoms with Gasteiger partial charge in [-0.1, -0.05) is 5.16 Å². The fourth-order valence-electron chi connectivity index (χ4n) is 2.07. The Morgan fingerprint density at radius 1 is 1.33 bits per heavy atom. The Balaban J connectivity index is 2.29. The molecule has 0 unspecified atom stereocenters. The quantitative estimate of drug-likeness (QED) is 0.801. The van der Waals surface area contributed by atoms with Crippen LogP contribution in [0.4, 0.5) is 8.78 Å². The summed E-state index contributed by atoms with van der Waals surface area (Å²) in [5.41, 5.74) is 0.885. The molecule has 0 saturated heterocycles. The SMILES string of the molecule is Cc1cc(-c2nc3cc(F)c(F)cc3n2CC(=O)O)on1. The number of aromatic nitrogens is 3. The monoisotopic (exact) mass is 293 g/mol. The Morgan fingerprint density at radius 3 is 2.67 bits per heavy atom. The number of hydrogen-bond donors (Lipinski definition) is 1. The van der Waals surface area contributed by atoms with Crippen LogP contribution < -0.4 is 0 Å². The lowest BCUT2D eigenvalue weighted by Gasteiger charge is -2.03. The number of carbonyl (C=O) groups is 1. The molecule has 108 valence electrons. The van der Waals surface area contributed by atoms with Gasteiger partial charge in [0, 0.05) is 18.2 Å². The molecule has 0 spiro atoms. The number of benzene rings is 1. The van der Waals surface area contributed by atoms with Crippen LogP contribution in [-0.2, 0) is 11.3 Å². The van der Waals surface area contributed by atoms with Crippen molar-refractivity contribution >= 4 is 17.0 Å². The second-order valence-electron chi connectivity index (χ2n) is 4.50. The van der Waals surface area contributed by atoms with Crippen LogP contribution in [-0.4, -0.2) is 25.8 Å². The molecular formula is C13H9F2N3O3. The minimum Gasteiger partial charge on any atom is -0.480 e. The highest BCUT2D eigenvalue weighted by Gasteiger charge is 2.20. The van der Waals surface area contributed by atoms with E-state index in [-0.39, 0.29) is 22.6 Å². The summed E-state index contributed by atoms with van der Waals surface area (Å²) in [5.74, 6) is -2.89. The van der Waals surface area contributed by atoms with Gasteiger partial charge in [0.05, 0.1) is 16.7 Å². The molecule has 1 N–H and O–H groups in total. The molecule has 0 fully saturated rings. The first kappa shape index (κ1) is 13.2. The van der Waals surface area contributed by atoms with Crippen LogP contribution in [0.5, 0.6) is 0 Å². The maximum atomic E-state index is 13.4. The van der Waals surface area contributed by atoms with E-state index in [0.717, 1.165) is 12.1 Å². The van der Waals surface area contributed by atoms with Crippen molar-refractivity contribution in [2.45, 2.75) is 13.5 Å². The normalized spacial score (nSPS) is 11.2. The standard InChI is InChI=1S/C13H9F2N3O3/c1-6-2-11(21-17-6)13-16-9-3-7(14)8(15)4-10(9)18(13)5-12(19)20/h2-4H,5H2,1H3,(H,19,20). The zero-order chi connectivity index (χ0) is 15.1. The van der Waals surface area contributed by atoms with Crippen LogP contribution in [0, 0.1) is 18.6 Å². The van der Waals surface area contributed by atoms with Gasteiger partial charge in [-0.25, -0.2) is 13.8 Å². The van der Waals surface area contributed by atoms with Crippen molar-refractivity contribution in [2.24, 2.45) is 0 Å². The van der Waals surface area contributed by atoms with Crippen molar-refractivity contribution in [3.63, 3.8) is 0 Å². The Morgan fingerprint density at radius 2 is 2.05 bits per heavy atom. The van der Waals surface area contributed by atoms with Crippen LogP contribution >= 0.6 is 0 Å². The highest BCUT2D eigenvalue weighted by atomic mass is 19.2. The molecule has 0 atom stereocenters. The average Bonchev–Trinajstić information content (AvgIpc) is 2.95. The lowest BCUT2D eigenvalue weighted by molar-refractivity contribution is -0.137. The molecule has 8 heteroatoms. The minimum atomic E-state index is -1.14. The van der Waals surface area contributed by atoms with E-state index >= 15 is 0 Å². The number of aliphatic carboxylic acids is 1. The van der Waals surface area contributed by atoms with Gasteiger partial charge in [0.2, 0.25) is 5.76 Å². The van der Waals surface area contributed by atoms with E-state index in [9.17, 15) is 13.6 Å². The largest absolute Gasteiger partial charge is 0.480 e. The van der Waals surface area contributed by atoms with Gasteiger partial charge < -0.3 is 14.2 Å². The zero-order valence-corrected chi connectivity index (χ0v) is 10.8. The third-order valence-corrected chi connectivity index (χ3v) is 2.93. The van der Waals surface area contributed by atoms with Gasteiger partial charge in [0.25, 0.3) is 0 Å². The van der Waals surface area contributed by atoms with Gasteiger partial charge >= 0.3 is 5.97 Å². The fourth-order valence-corrected chi connectivity index (χ4v) is 2.07. The number of imidazole rings is 1. The summed E-state index contributed by atoms with van der Waals surface area (Å²) in [6.07, 6.45) is 0. The summed E-state index contributed by atoms with van der Waals surface area (Å²) >= 11 is 0. The second-order valence-corrected chi connectivity index (χ2v) is 4.50. The minimum absolute atomic E-state index is 0.138. The first-order chi connectivity index (χ1) is 9.95. The number of carboxylic acid groups (broad SMARTS) is 1. The van der Waals surface area contributed by atoms with E-state index < -0.39 is 24.1 Å². The Bertz CT molecular complexity index is 854. The van der Waals surface area contributed by atoms with Crippen LogP contribution in [0.25, 0.3) is 22.6 Å². The third-order valence-electron chi connectivity index (χ3n) is 2.93. The average molecular weight is 293 g/mol. The lowest BCUT2D eigenvalue weighted by atomic mass is 10.3. The first-order valence-corrected chi connectivity index (χ1v) is 5.96. The summed E-state index contributed by atoms with van der Waals surface area (Å²) in [7, 11) is 0. The topological polar surface area (TPSA) is 81.2 Å². The smallest absolute Gasteiger partial charge is 0.323 e. The number of aryl methyl sites for hydroxylation is 1. The van der Waals surface area contributed by atoms with Gasteiger partial charge in [-0.05, 0) is 6.92 Å².